The molecule has 0 atom stereocenters. The molecule has 2 N–H and O–H groups in total. The highest BCUT2D eigenvalue weighted by Gasteiger charge is 2.20. The van der Waals surface area contributed by atoms with E-state index >= 15 is 0 Å². The summed E-state index contributed by atoms with van der Waals surface area (Å²) in [5.41, 5.74) is 1.70. The van der Waals surface area contributed by atoms with Crippen molar-refractivity contribution in [2.75, 3.05) is 48.9 Å². The molecule has 1 fully saturated rings. The van der Waals surface area contributed by atoms with E-state index in [0.29, 0.717) is 29.3 Å². The summed E-state index contributed by atoms with van der Waals surface area (Å²) in [6.07, 6.45) is 0. The number of nitrogens with zero attached hydrogens (tertiary/aromatic N) is 3. The van der Waals surface area contributed by atoms with Crippen molar-refractivity contribution in [3.63, 3.8) is 0 Å². The van der Waals surface area contributed by atoms with Crippen LogP contribution in [0, 0.1) is 6.92 Å². The van der Waals surface area contributed by atoms with Crippen LogP contribution in [0.4, 0.5) is 11.5 Å². The predicted molar refractivity (Wildman–Crippen MR) is 168 cm³/mol. The summed E-state index contributed by atoms with van der Waals surface area (Å²) in [6, 6.07) is 26.0. The molecule has 218 valence electrons. The summed E-state index contributed by atoms with van der Waals surface area (Å²) in [4.78, 5) is 22.0. The smallest absolute Gasteiger partial charge is 0.262 e. The number of hydrogen-bond acceptors (Lipinski definition) is 7. The van der Waals surface area contributed by atoms with Gasteiger partial charge in [-0.1, -0.05) is 34.1 Å². The molecule has 4 aromatic rings. The maximum atomic E-state index is 13.1. The van der Waals surface area contributed by atoms with Crippen LogP contribution in [0.5, 0.6) is 11.5 Å². The Morgan fingerprint density at radius 1 is 0.905 bits per heavy atom. The van der Waals surface area contributed by atoms with Crippen molar-refractivity contribution in [3.05, 3.63) is 107 Å². The van der Waals surface area contributed by atoms with Crippen LogP contribution in [0.2, 0.25) is 0 Å². The molecule has 9 nitrogen and oxygen atoms in total. The third kappa shape index (κ3) is 7.67. The molecule has 0 aliphatic carbocycles. The predicted octanol–water partition coefficient (Wildman–Crippen LogP) is 5.30. The second kappa shape index (κ2) is 13.4. The highest BCUT2D eigenvalue weighted by atomic mass is 79.9. The Hall–Kier alpha value is -3.93. The van der Waals surface area contributed by atoms with Crippen LogP contribution >= 0.6 is 15.9 Å². The van der Waals surface area contributed by atoms with E-state index in [1.54, 1.807) is 36.4 Å². The molecular formula is C31H32BrN5O4S. The first-order valence-corrected chi connectivity index (χ1v) is 15.9. The zero-order valence-corrected chi connectivity index (χ0v) is 25.6. The zero-order chi connectivity index (χ0) is 29.5. The molecule has 2 heterocycles. The molecule has 11 heteroatoms. The fraction of sp³-hybridized carbons (Fsp3) is 0.226. The summed E-state index contributed by atoms with van der Waals surface area (Å²) < 4.78 is 35.6. The number of ether oxygens (including phenoxy) is 1. The maximum Gasteiger partial charge on any atom is 0.262 e. The van der Waals surface area contributed by atoms with Gasteiger partial charge in [0.05, 0.1) is 10.6 Å². The normalized spacial score (nSPS) is 13.9. The lowest BCUT2D eigenvalue weighted by atomic mass is 10.2. The highest BCUT2D eigenvalue weighted by Crippen LogP contribution is 2.31. The lowest BCUT2D eigenvalue weighted by Crippen LogP contribution is -2.48. The van der Waals surface area contributed by atoms with Crippen LogP contribution in [0.1, 0.15) is 16.1 Å². The van der Waals surface area contributed by atoms with Gasteiger partial charge in [0.1, 0.15) is 11.6 Å². The van der Waals surface area contributed by atoms with E-state index in [2.05, 4.69) is 40.8 Å². The Kier molecular flexibility index (Phi) is 9.41. The number of aryl methyl sites for hydroxylation is 1. The van der Waals surface area contributed by atoms with Crippen molar-refractivity contribution in [2.24, 2.45) is 0 Å². The van der Waals surface area contributed by atoms with E-state index in [-0.39, 0.29) is 10.8 Å². The van der Waals surface area contributed by atoms with E-state index in [4.69, 9.17) is 4.74 Å². The largest absolute Gasteiger partial charge is 0.455 e. The van der Waals surface area contributed by atoms with Crippen LogP contribution in [-0.2, 0) is 10.0 Å². The van der Waals surface area contributed by atoms with Gasteiger partial charge in [-0.2, -0.15) is 0 Å². The second-order valence-electron chi connectivity index (χ2n) is 9.90. The van der Waals surface area contributed by atoms with Crippen LogP contribution in [0.3, 0.4) is 0 Å². The van der Waals surface area contributed by atoms with Crippen molar-refractivity contribution >= 4 is 43.4 Å². The highest BCUT2D eigenvalue weighted by molar-refractivity contribution is 9.10. The molecule has 1 amide bonds. The van der Waals surface area contributed by atoms with Crippen LogP contribution in [0.25, 0.3) is 0 Å². The Balaban J connectivity index is 1.12. The number of pyridine rings is 1. The Morgan fingerprint density at radius 2 is 1.62 bits per heavy atom. The van der Waals surface area contributed by atoms with Crippen molar-refractivity contribution in [3.8, 4) is 11.5 Å². The zero-order valence-electron chi connectivity index (χ0n) is 23.2. The minimum absolute atomic E-state index is 0.0402. The number of rotatable bonds is 10. The Bertz CT molecular complexity index is 1620. The molecule has 1 saturated heterocycles. The lowest BCUT2D eigenvalue weighted by molar-refractivity contribution is 0.0947. The molecule has 1 aliphatic heterocycles. The minimum atomic E-state index is -3.92. The van der Waals surface area contributed by atoms with E-state index in [9.17, 15) is 13.2 Å². The molecule has 0 radical (unpaired) electrons. The molecular weight excluding hydrogens is 618 g/mol. The van der Waals surface area contributed by atoms with Gasteiger partial charge in [0, 0.05) is 55.0 Å². The lowest BCUT2D eigenvalue weighted by Gasteiger charge is -2.35. The van der Waals surface area contributed by atoms with Crippen LogP contribution in [-0.4, -0.2) is 63.5 Å². The van der Waals surface area contributed by atoms with Gasteiger partial charge in [-0.25, -0.2) is 13.4 Å². The Morgan fingerprint density at radius 3 is 2.33 bits per heavy atom. The number of halogens is 1. The van der Waals surface area contributed by atoms with E-state index < -0.39 is 10.0 Å². The first-order chi connectivity index (χ1) is 20.3. The summed E-state index contributed by atoms with van der Waals surface area (Å²) in [7, 11) is -3.92. The van der Waals surface area contributed by atoms with Crippen molar-refractivity contribution in [2.45, 2.75) is 11.8 Å². The fourth-order valence-electron chi connectivity index (χ4n) is 4.59. The molecule has 42 heavy (non-hydrogen) atoms. The van der Waals surface area contributed by atoms with Gasteiger partial charge in [0.15, 0.2) is 5.75 Å². The molecule has 1 aliphatic rings. The quantitative estimate of drug-likeness (QED) is 0.240. The molecule has 0 bridgehead atoms. The average molecular weight is 651 g/mol. The first-order valence-electron chi connectivity index (χ1n) is 13.6. The summed E-state index contributed by atoms with van der Waals surface area (Å²) in [6.45, 7) is 6.78. The number of carbonyl (C=O) groups is 1. The number of sulfonamides is 1. The molecule has 3 aromatic carbocycles. The number of anilines is 2. The number of hydrogen-bond donors (Lipinski definition) is 2. The third-order valence-electron chi connectivity index (χ3n) is 6.88. The van der Waals surface area contributed by atoms with Gasteiger partial charge in [-0.15, -0.1) is 0 Å². The van der Waals surface area contributed by atoms with Crippen LogP contribution < -0.4 is 19.7 Å². The summed E-state index contributed by atoms with van der Waals surface area (Å²) in [5.74, 6) is 1.69. The Labute approximate surface area is 254 Å². The third-order valence-corrected chi connectivity index (χ3v) is 8.79. The standard InChI is InChI=1S/C31H32BrN5O4S/c1-23-5-4-8-30(34-23)37-21-19-36(20-22-37)18-17-33-31(38)24-9-15-27(16-10-24)42(39,40)35-28-6-2-3-7-29(28)41-26-13-11-25(32)12-14-26/h2-16,35H,17-22H2,1H3,(H,33,38). The summed E-state index contributed by atoms with van der Waals surface area (Å²) in [5, 5.41) is 2.94. The van der Waals surface area contributed by atoms with Crippen molar-refractivity contribution in [1.82, 2.24) is 15.2 Å². The SMILES string of the molecule is Cc1cccc(N2CCN(CCNC(=O)c3ccc(S(=O)(=O)Nc4ccccc4Oc4ccc(Br)cc4)cc3)CC2)n1. The van der Waals surface area contributed by atoms with Gasteiger partial charge >= 0.3 is 0 Å². The van der Waals surface area contributed by atoms with Gasteiger partial charge < -0.3 is 15.0 Å². The van der Waals surface area contributed by atoms with Crippen LogP contribution in [0.15, 0.2) is 100 Å². The van der Waals surface area contributed by atoms with E-state index in [1.165, 1.54) is 24.3 Å². The molecule has 0 unspecified atom stereocenters. The number of benzene rings is 3. The van der Waals surface area contributed by atoms with Gasteiger partial charge in [0.2, 0.25) is 0 Å². The molecule has 1 aromatic heterocycles. The number of amides is 1. The number of piperazine rings is 1. The van der Waals surface area contributed by atoms with Gasteiger partial charge in [-0.3, -0.25) is 14.4 Å². The molecule has 0 saturated carbocycles. The molecule has 0 spiro atoms. The number of para-hydroxylation sites is 2. The van der Waals surface area contributed by atoms with Gasteiger partial charge in [-0.05, 0) is 79.7 Å². The summed E-state index contributed by atoms with van der Waals surface area (Å²) >= 11 is 3.39. The van der Waals surface area contributed by atoms with E-state index in [1.807, 2.05) is 37.3 Å². The van der Waals surface area contributed by atoms with Crippen molar-refractivity contribution < 1.29 is 17.9 Å². The monoisotopic (exact) mass is 649 g/mol. The number of nitrogens with one attached hydrogen (secondary N) is 2. The first kappa shape index (κ1) is 29.6. The number of carbonyl (C=O) groups excluding carboxylic acids is 1. The fourth-order valence-corrected chi connectivity index (χ4v) is 5.93. The van der Waals surface area contributed by atoms with E-state index in [0.717, 1.165) is 48.7 Å². The topological polar surface area (TPSA) is 104 Å². The molecule has 5 rings (SSSR count). The average Bonchev–Trinajstić information content (AvgIpc) is 2.99. The van der Waals surface area contributed by atoms with Gasteiger partial charge in [0.25, 0.3) is 15.9 Å². The maximum absolute atomic E-state index is 13.1. The number of aromatic nitrogens is 1. The second-order valence-corrected chi connectivity index (χ2v) is 12.5. The van der Waals surface area contributed by atoms with Crippen molar-refractivity contribution in [1.29, 1.82) is 0 Å². The minimum Gasteiger partial charge on any atom is -0.455 e.